The molecule has 21 heavy (non-hydrogen) atoms. The summed E-state index contributed by atoms with van der Waals surface area (Å²) < 4.78 is 0. The first-order chi connectivity index (χ1) is 10.2. The molecule has 2 aromatic carbocycles. The molecule has 3 rings (SSSR count). The molecule has 108 valence electrons. The zero-order chi connectivity index (χ0) is 14.7. The zero-order valence-electron chi connectivity index (χ0n) is 11.9. The van der Waals surface area contributed by atoms with Gasteiger partial charge in [-0.25, -0.2) is 4.79 Å². The lowest BCUT2D eigenvalue weighted by Gasteiger charge is -2.20. The van der Waals surface area contributed by atoms with E-state index in [9.17, 15) is 4.79 Å². The van der Waals surface area contributed by atoms with E-state index in [2.05, 4.69) is 29.6 Å². The van der Waals surface area contributed by atoms with Gasteiger partial charge in [0.15, 0.2) is 0 Å². The lowest BCUT2D eigenvalue weighted by molar-refractivity contribution is 0.0697. The van der Waals surface area contributed by atoms with Gasteiger partial charge < -0.3 is 10.4 Å². The highest BCUT2D eigenvalue weighted by molar-refractivity contribution is 5.88. The monoisotopic (exact) mass is 281 g/mol. The topological polar surface area (TPSA) is 49.3 Å². The van der Waals surface area contributed by atoms with Crippen molar-refractivity contribution in [2.75, 3.05) is 5.32 Å². The van der Waals surface area contributed by atoms with Gasteiger partial charge in [-0.05, 0) is 48.6 Å². The van der Waals surface area contributed by atoms with Crippen LogP contribution in [0.15, 0.2) is 48.5 Å². The maximum absolute atomic E-state index is 11.1. The minimum Gasteiger partial charge on any atom is -0.478 e. The lowest BCUT2D eigenvalue weighted by Crippen LogP contribution is -2.11. The maximum atomic E-state index is 11.1. The van der Waals surface area contributed by atoms with Gasteiger partial charge in [0, 0.05) is 5.69 Å². The van der Waals surface area contributed by atoms with Crippen molar-refractivity contribution in [2.24, 2.45) is 0 Å². The summed E-state index contributed by atoms with van der Waals surface area (Å²) in [5.74, 6) is -0.889. The van der Waals surface area contributed by atoms with E-state index in [1.807, 2.05) is 6.07 Å². The summed E-state index contributed by atoms with van der Waals surface area (Å²) in [5.41, 5.74) is 3.94. The molecular weight excluding hydrogens is 262 g/mol. The highest BCUT2D eigenvalue weighted by Crippen LogP contribution is 2.31. The molecule has 1 aliphatic carbocycles. The van der Waals surface area contributed by atoms with Gasteiger partial charge in [0.1, 0.15) is 0 Å². The Morgan fingerprint density at radius 2 is 1.95 bits per heavy atom. The molecule has 0 amide bonds. The van der Waals surface area contributed by atoms with Gasteiger partial charge in [-0.1, -0.05) is 36.8 Å². The molecule has 0 spiro atoms. The van der Waals surface area contributed by atoms with Crippen molar-refractivity contribution in [1.29, 1.82) is 0 Å². The minimum absolute atomic E-state index is 0.257. The normalized spacial score (nSPS) is 17.6. The van der Waals surface area contributed by atoms with Crippen LogP contribution < -0.4 is 5.32 Å². The van der Waals surface area contributed by atoms with Crippen molar-refractivity contribution in [1.82, 2.24) is 0 Å². The second-order valence-electron chi connectivity index (χ2n) is 5.53. The number of aryl methyl sites for hydroxylation is 1. The second-order valence-corrected chi connectivity index (χ2v) is 5.53. The minimum atomic E-state index is -0.889. The fourth-order valence-corrected chi connectivity index (χ4v) is 3.01. The molecule has 0 fully saturated rings. The summed E-state index contributed by atoms with van der Waals surface area (Å²) in [6, 6.07) is 15.8. The quantitative estimate of drug-likeness (QED) is 0.826. The van der Waals surface area contributed by atoms with Gasteiger partial charge in [0.05, 0.1) is 11.6 Å². The number of carboxylic acid groups (broad SMARTS) is 1. The van der Waals surface area contributed by atoms with Crippen LogP contribution in [0.25, 0.3) is 0 Å². The largest absolute Gasteiger partial charge is 0.478 e. The molecule has 1 unspecified atom stereocenters. The fourth-order valence-electron chi connectivity index (χ4n) is 3.01. The first-order valence-corrected chi connectivity index (χ1v) is 7.42. The molecule has 0 heterocycles. The summed E-state index contributed by atoms with van der Waals surface area (Å²) >= 11 is 0. The Morgan fingerprint density at radius 3 is 2.81 bits per heavy atom. The average Bonchev–Trinajstić information content (AvgIpc) is 2.70. The van der Waals surface area contributed by atoms with Crippen molar-refractivity contribution in [3.05, 3.63) is 65.2 Å². The Morgan fingerprint density at radius 1 is 1.10 bits per heavy atom. The maximum Gasteiger partial charge on any atom is 0.335 e. The first kappa shape index (κ1) is 13.7. The Labute approximate surface area is 124 Å². The number of carbonyl (C=O) groups is 1. The van der Waals surface area contributed by atoms with Crippen molar-refractivity contribution >= 4 is 11.7 Å². The van der Waals surface area contributed by atoms with E-state index in [1.54, 1.807) is 18.2 Å². The number of nitrogens with one attached hydrogen (secondary N) is 1. The van der Waals surface area contributed by atoms with E-state index in [0.717, 1.165) is 18.5 Å². The van der Waals surface area contributed by atoms with Gasteiger partial charge >= 0.3 is 5.97 Å². The van der Waals surface area contributed by atoms with Crippen LogP contribution in [0.4, 0.5) is 5.69 Å². The predicted molar refractivity (Wildman–Crippen MR) is 83.8 cm³/mol. The number of fused-ring (bicyclic) bond motifs is 1. The van der Waals surface area contributed by atoms with Crippen LogP contribution in [0.3, 0.4) is 0 Å². The van der Waals surface area contributed by atoms with Crippen LogP contribution in [-0.2, 0) is 6.42 Å². The van der Waals surface area contributed by atoms with Crippen LogP contribution in [-0.4, -0.2) is 11.1 Å². The van der Waals surface area contributed by atoms with Gasteiger partial charge in [0.25, 0.3) is 0 Å². The molecule has 1 aliphatic rings. The van der Waals surface area contributed by atoms with Gasteiger partial charge in [-0.15, -0.1) is 0 Å². The Bertz CT molecular complexity index is 651. The van der Waals surface area contributed by atoms with Crippen LogP contribution >= 0.6 is 0 Å². The van der Waals surface area contributed by atoms with Crippen molar-refractivity contribution < 1.29 is 9.90 Å². The average molecular weight is 281 g/mol. The van der Waals surface area contributed by atoms with E-state index in [4.69, 9.17) is 5.11 Å². The summed E-state index contributed by atoms with van der Waals surface area (Å²) in [6.45, 7) is 0. The number of anilines is 1. The number of rotatable bonds is 3. The summed E-state index contributed by atoms with van der Waals surface area (Å²) in [7, 11) is 0. The number of carboxylic acids is 1. The number of hydrogen-bond donors (Lipinski definition) is 2. The van der Waals surface area contributed by atoms with Crippen LogP contribution in [0.5, 0.6) is 0 Å². The number of benzene rings is 2. The third-order valence-corrected chi connectivity index (χ3v) is 4.07. The van der Waals surface area contributed by atoms with E-state index >= 15 is 0 Å². The van der Waals surface area contributed by atoms with Crippen molar-refractivity contribution in [3.63, 3.8) is 0 Å². The molecule has 0 aliphatic heterocycles. The Kier molecular flexibility index (Phi) is 3.91. The smallest absolute Gasteiger partial charge is 0.335 e. The fraction of sp³-hybridized carbons (Fsp3) is 0.278. The molecule has 3 heteroatoms. The molecule has 2 N–H and O–H groups in total. The third-order valence-electron chi connectivity index (χ3n) is 4.07. The Balaban J connectivity index is 1.87. The second kappa shape index (κ2) is 6.00. The molecular formula is C18H19NO2. The molecule has 0 saturated heterocycles. The van der Waals surface area contributed by atoms with Crippen LogP contribution in [0.2, 0.25) is 0 Å². The standard InChI is InChI=1S/C18H19NO2/c20-18(21)14-8-5-9-15(12-14)19-17-11-4-2-7-13-6-1-3-10-16(13)17/h1,3,5-6,8-10,12,17,19H,2,4,7,11H2,(H,20,21). The summed E-state index contributed by atoms with van der Waals surface area (Å²) in [5, 5.41) is 12.6. The molecule has 0 saturated carbocycles. The van der Waals surface area contributed by atoms with E-state index in [-0.39, 0.29) is 6.04 Å². The first-order valence-electron chi connectivity index (χ1n) is 7.42. The third kappa shape index (κ3) is 3.07. The van der Waals surface area contributed by atoms with Gasteiger partial charge in [-0.3, -0.25) is 0 Å². The number of hydrogen-bond acceptors (Lipinski definition) is 2. The van der Waals surface area contributed by atoms with E-state index in [0.29, 0.717) is 5.56 Å². The van der Waals surface area contributed by atoms with Crippen LogP contribution in [0.1, 0.15) is 46.8 Å². The van der Waals surface area contributed by atoms with Crippen molar-refractivity contribution in [2.45, 2.75) is 31.7 Å². The number of aromatic carboxylic acids is 1. The Hall–Kier alpha value is -2.29. The lowest BCUT2D eigenvalue weighted by atomic mass is 9.99. The molecule has 0 radical (unpaired) electrons. The highest BCUT2D eigenvalue weighted by atomic mass is 16.4. The van der Waals surface area contributed by atoms with Crippen molar-refractivity contribution in [3.8, 4) is 0 Å². The predicted octanol–water partition coefficient (Wildman–Crippen LogP) is 4.26. The van der Waals surface area contributed by atoms with E-state index in [1.165, 1.54) is 24.0 Å². The summed E-state index contributed by atoms with van der Waals surface area (Å²) in [6.07, 6.45) is 4.60. The molecule has 0 bridgehead atoms. The molecule has 1 atom stereocenters. The zero-order valence-corrected chi connectivity index (χ0v) is 11.9. The highest BCUT2D eigenvalue weighted by Gasteiger charge is 2.18. The molecule has 3 nitrogen and oxygen atoms in total. The van der Waals surface area contributed by atoms with Crippen LogP contribution in [0, 0.1) is 0 Å². The molecule has 0 aromatic heterocycles. The summed E-state index contributed by atoms with van der Waals surface area (Å²) in [4.78, 5) is 11.1. The van der Waals surface area contributed by atoms with Gasteiger partial charge in [-0.2, -0.15) is 0 Å². The van der Waals surface area contributed by atoms with E-state index < -0.39 is 5.97 Å². The van der Waals surface area contributed by atoms with Gasteiger partial charge in [0.2, 0.25) is 0 Å². The molecule has 2 aromatic rings. The SMILES string of the molecule is O=C(O)c1cccc(NC2CCCCc3ccccc32)c1.